The van der Waals surface area contributed by atoms with E-state index in [9.17, 15) is 5.11 Å². The molecule has 1 aliphatic heterocycles. The summed E-state index contributed by atoms with van der Waals surface area (Å²) in [4.78, 5) is 0. The Kier molecular flexibility index (Phi) is 4.73. The molecule has 0 aliphatic carbocycles. The molecule has 3 nitrogen and oxygen atoms in total. The lowest BCUT2D eigenvalue weighted by Crippen LogP contribution is -2.13. The minimum Gasteiger partial charge on any atom is -0.492 e. The molecule has 0 saturated carbocycles. The van der Waals surface area contributed by atoms with Crippen LogP contribution in [0.4, 0.5) is 0 Å². The van der Waals surface area contributed by atoms with E-state index in [1.165, 1.54) is 0 Å². The molecule has 1 heterocycles. The summed E-state index contributed by atoms with van der Waals surface area (Å²) < 4.78 is 10.6. The molecule has 18 heavy (non-hydrogen) atoms. The van der Waals surface area contributed by atoms with Crippen molar-refractivity contribution in [3.05, 3.63) is 27.7 Å². The van der Waals surface area contributed by atoms with Crippen LogP contribution in [0.5, 0.6) is 5.75 Å². The number of benzene rings is 1. The van der Waals surface area contributed by atoms with Crippen molar-refractivity contribution >= 4 is 23.2 Å². The van der Waals surface area contributed by atoms with Gasteiger partial charge in [-0.15, -0.1) is 0 Å². The molecule has 1 aromatic rings. The van der Waals surface area contributed by atoms with Crippen LogP contribution in [0.1, 0.15) is 25.0 Å². The third-order valence-electron chi connectivity index (χ3n) is 3.08. The number of rotatable bonds is 4. The van der Waals surface area contributed by atoms with Crippen molar-refractivity contribution in [1.29, 1.82) is 0 Å². The maximum Gasteiger partial charge on any atom is 0.139 e. The van der Waals surface area contributed by atoms with Crippen LogP contribution in [0.2, 0.25) is 10.0 Å². The average Bonchev–Trinajstić information content (AvgIpc) is 2.86. The van der Waals surface area contributed by atoms with Gasteiger partial charge in [0.1, 0.15) is 5.75 Å². The monoisotopic (exact) mass is 290 g/mol. The van der Waals surface area contributed by atoms with Gasteiger partial charge >= 0.3 is 0 Å². The predicted octanol–water partition coefficient (Wildman–Crippen LogP) is 3.46. The van der Waals surface area contributed by atoms with Gasteiger partial charge in [-0.1, -0.05) is 23.2 Å². The summed E-state index contributed by atoms with van der Waals surface area (Å²) in [6.07, 6.45) is 0.190. The van der Waals surface area contributed by atoms with E-state index < -0.39 is 6.10 Å². The Morgan fingerprint density at radius 3 is 2.83 bits per heavy atom. The third-order valence-corrected chi connectivity index (χ3v) is 3.70. The Morgan fingerprint density at radius 2 is 2.22 bits per heavy atom. The zero-order valence-corrected chi connectivity index (χ0v) is 11.7. The highest BCUT2D eigenvalue weighted by Crippen LogP contribution is 2.38. The van der Waals surface area contributed by atoms with Crippen molar-refractivity contribution in [2.45, 2.75) is 19.4 Å². The van der Waals surface area contributed by atoms with Crippen molar-refractivity contribution in [2.24, 2.45) is 5.92 Å². The molecule has 1 aliphatic rings. The van der Waals surface area contributed by atoms with Gasteiger partial charge in [0.25, 0.3) is 0 Å². The van der Waals surface area contributed by atoms with Crippen LogP contribution in [-0.4, -0.2) is 24.9 Å². The highest BCUT2D eigenvalue weighted by Gasteiger charge is 2.27. The van der Waals surface area contributed by atoms with Crippen LogP contribution in [0, 0.1) is 5.92 Å². The summed E-state index contributed by atoms with van der Waals surface area (Å²) in [7, 11) is 0. The number of ether oxygens (including phenoxy) is 2. The summed E-state index contributed by atoms with van der Waals surface area (Å²) >= 11 is 12.3. The van der Waals surface area contributed by atoms with Gasteiger partial charge in [-0.2, -0.15) is 0 Å². The van der Waals surface area contributed by atoms with Crippen LogP contribution in [0.3, 0.4) is 0 Å². The van der Waals surface area contributed by atoms with Gasteiger partial charge in [-0.3, -0.25) is 0 Å². The number of aliphatic hydroxyl groups is 1. The molecule has 2 atom stereocenters. The van der Waals surface area contributed by atoms with Gasteiger partial charge in [0, 0.05) is 24.2 Å². The molecule has 5 heteroatoms. The molecule has 100 valence electrons. The minimum absolute atomic E-state index is 0.0801. The topological polar surface area (TPSA) is 38.7 Å². The lowest BCUT2D eigenvalue weighted by Gasteiger charge is -2.19. The van der Waals surface area contributed by atoms with Gasteiger partial charge in [-0.05, 0) is 19.4 Å². The summed E-state index contributed by atoms with van der Waals surface area (Å²) in [5.74, 6) is 0.624. The molecule has 1 fully saturated rings. The van der Waals surface area contributed by atoms with E-state index >= 15 is 0 Å². The number of hydrogen-bond acceptors (Lipinski definition) is 3. The largest absolute Gasteiger partial charge is 0.492 e. The van der Waals surface area contributed by atoms with E-state index in [4.69, 9.17) is 32.7 Å². The molecule has 0 spiro atoms. The maximum atomic E-state index is 10.3. The first-order valence-electron chi connectivity index (χ1n) is 6.01. The number of aliphatic hydroxyl groups excluding tert-OH is 1. The lowest BCUT2D eigenvalue weighted by molar-refractivity contribution is 0.0918. The fourth-order valence-corrected chi connectivity index (χ4v) is 2.58. The average molecular weight is 291 g/mol. The molecule has 0 bridgehead atoms. The second-order valence-corrected chi connectivity index (χ2v) is 5.12. The normalized spacial score (nSPS) is 21.0. The molecule has 2 unspecified atom stereocenters. The Labute approximate surface area is 117 Å². The van der Waals surface area contributed by atoms with Crippen molar-refractivity contribution in [1.82, 2.24) is 0 Å². The Morgan fingerprint density at radius 1 is 1.44 bits per heavy atom. The van der Waals surface area contributed by atoms with Gasteiger partial charge in [0.05, 0.1) is 29.4 Å². The highest BCUT2D eigenvalue weighted by atomic mass is 35.5. The summed E-state index contributed by atoms with van der Waals surface area (Å²) in [5.41, 5.74) is 0.639. The third kappa shape index (κ3) is 2.91. The van der Waals surface area contributed by atoms with Crippen molar-refractivity contribution in [2.75, 3.05) is 19.8 Å². The van der Waals surface area contributed by atoms with Gasteiger partial charge in [0.2, 0.25) is 0 Å². The number of hydrogen-bond donors (Lipinski definition) is 1. The molecule has 2 rings (SSSR count). The summed E-state index contributed by atoms with van der Waals surface area (Å²) in [6.45, 7) is 3.64. The molecule has 0 radical (unpaired) electrons. The lowest BCUT2D eigenvalue weighted by atomic mass is 9.95. The maximum absolute atomic E-state index is 10.3. The Hall–Kier alpha value is -0.480. The van der Waals surface area contributed by atoms with Crippen molar-refractivity contribution in [3.8, 4) is 5.75 Å². The first-order valence-corrected chi connectivity index (χ1v) is 6.76. The molecule has 1 N–H and O–H groups in total. The van der Waals surface area contributed by atoms with E-state index in [2.05, 4.69) is 0 Å². The second-order valence-electron chi connectivity index (χ2n) is 4.31. The standard InChI is InChI=1S/C13H16Cl2O3/c1-2-18-12-6-10(14)9(5-11(12)15)13(16)8-3-4-17-7-8/h5-6,8,13,16H,2-4,7H2,1H3. The summed E-state index contributed by atoms with van der Waals surface area (Å²) in [5, 5.41) is 11.2. The predicted molar refractivity (Wildman–Crippen MR) is 71.5 cm³/mol. The van der Waals surface area contributed by atoms with E-state index in [0.29, 0.717) is 41.2 Å². The van der Waals surface area contributed by atoms with Crippen LogP contribution in [0.25, 0.3) is 0 Å². The SMILES string of the molecule is CCOc1cc(Cl)c(C(O)C2CCOC2)cc1Cl. The molecule has 1 aromatic carbocycles. The van der Waals surface area contributed by atoms with E-state index in [1.807, 2.05) is 6.92 Å². The van der Waals surface area contributed by atoms with Gasteiger partial charge < -0.3 is 14.6 Å². The number of halogens is 2. The molecule has 0 amide bonds. The van der Waals surface area contributed by atoms with Crippen molar-refractivity contribution < 1.29 is 14.6 Å². The van der Waals surface area contributed by atoms with Crippen LogP contribution >= 0.6 is 23.2 Å². The van der Waals surface area contributed by atoms with Gasteiger partial charge in [-0.25, -0.2) is 0 Å². The minimum atomic E-state index is -0.645. The van der Waals surface area contributed by atoms with Crippen molar-refractivity contribution in [3.63, 3.8) is 0 Å². The fraction of sp³-hybridized carbons (Fsp3) is 0.538. The Bertz CT molecular complexity index is 417. The molecular weight excluding hydrogens is 275 g/mol. The fourth-order valence-electron chi connectivity index (χ4n) is 2.09. The van der Waals surface area contributed by atoms with Crippen LogP contribution in [-0.2, 0) is 4.74 Å². The molecule has 0 aromatic heterocycles. The second kappa shape index (κ2) is 6.11. The molecular formula is C13H16Cl2O3. The van der Waals surface area contributed by atoms with E-state index in [1.54, 1.807) is 12.1 Å². The first kappa shape index (κ1) is 13.9. The zero-order valence-electron chi connectivity index (χ0n) is 10.2. The van der Waals surface area contributed by atoms with E-state index in [-0.39, 0.29) is 5.92 Å². The van der Waals surface area contributed by atoms with Crippen LogP contribution < -0.4 is 4.74 Å². The Balaban J connectivity index is 2.24. The highest BCUT2D eigenvalue weighted by molar-refractivity contribution is 6.34. The first-order chi connectivity index (χ1) is 8.63. The van der Waals surface area contributed by atoms with Crippen LogP contribution in [0.15, 0.2) is 12.1 Å². The smallest absolute Gasteiger partial charge is 0.139 e. The summed E-state index contributed by atoms with van der Waals surface area (Å²) in [6, 6.07) is 3.33. The molecule has 1 saturated heterocycles. The van der Waals surface area contributed by atoms with E-state index in [0.717, 1.165) is 6.42 Å². The van der Waals surface area contributed by atoms with Gasteiger partial charge in [0.15, 0.2) is 0 Å². The quantitative estimate of drug-likeness (QED) is 0.923. The zero-order chi connectivity index (χ0) is 13.1.